The first-order valence-corrected chi connectivity index (χ1v) is 8.37. The van der Waals surface area contributed by atoms with Crippen molar-refractivity contribution in [3.05, 3.63) is 70.3 Å². The van der Waals surface area contributed by atoms with Crippen molar-refractivity contribution in [1.82, 2.24) is 9.97 Å². The highest BCUT2D eigenvalue weighted by atomic mass is 35.5. The molecule has 0 radical (unpaired) electrons. The second-order valence-corrected chi connectivity index (χ2v) is 6.03. The lowest BCUT2D eigenvalue weighted by Crippen LogP contribution is -2.19. The van der Waals surface area contributed by atoms with E-state index >= 15 is 0 Å². The van der Waals surface area contributed by atoms with E-state index in [0.717, 1.165) is 11.0 Å². The number of para-hydroxylation sites is 3. The Morgan fingerprint density at radius 3 is 2.23 bits per heavy atom. The fourth-order valence-electron chi connectivity index (χ4n) is 2.42. The van der Waals surface area contributed by atoms with Gasteiger partial charge in [-0.15, -0.1) is 0 Å². The molecule has 0 aliphatic carbocycles. The van der Waals surface area contributed by atoms with Gasteiger partial charge in [-0.05, 0) is 38.1 Å². The minimum Gasteiger partial charge on any atom is -0.385 e. The summed E-state index contributed by atoms with van der Waals surface area (Å²) in [6.07, 6.45) is 0. The Kier molecular flexibility index (Phi) is 5.43. The van der Waals surface area contributed by atoms with Crippen LogP contribution in [0.3, 0.4) is 0 Å². The molecule has 1 N–H and O–H groups in total. The topological polar surface area (TPSA) is 76.5 Å². The van der Waals surface area contributed by atoms with Crippen LogP contribution < -0.4 is 10.7 Å². The second-order valence-electron chi connectivity index (χ2n) is 5.62. The molecule has 1 aromatic heterocycles. The normalized spacial score (nSPS) is 10.4. The average molecular weight is 369 g/mol. The molecule has 0 fully saturated rings. The maximum absolute atomic E-state index is 12.0. The van der Waals surface area contributed by atoms with Crippen molar-refractivity contribution in [2.75, 3.05) is 11.9 Å². The van der Waals surface area contributed by atoms with Gasteiger partial charge in [0.2, 0.25) is 0 Å². The van der Waals surface area contributed by atoms with E-state index in [1.807, 2.05) is 38.1 Å². The van der Waals surface area contributed by atoms with Gasteiger partial charge in [-0.3, -0.25) is 4.79 Å². The van der Waals surface area contributed by atoms with Crippen LogP contribution in [0.5, 0.6) is 0 Å². The molecular formula is C19H17ClN4O2. The van der Waals surface area contributed by atoms with Gasteiger partial charge >= 0.3 is 0 Å². The van der Waals surface area contributed by atoms with Crippen LogP contribution in [0.25, 0.3) is 11.0 Å². The van der Waals surface area contributed by atoms with Gasteiger partial charge in [0.15, 0.2) is 6.61 Å². The Bertz CT molecular complexity index is 990. The molecule has 3 aromatic rings. The third kappa shape index (κ3) is 4.15. The molecule has 0 unspecified atom stereocenters. The molecule has 26 heavy (non-hydrogen) atoms. The number of benzene rings is 2. The lowest BCUT2D eigenvalue weighted by Gasteiger charge is -2.05. The number of rotatable bonds is 4. The lowest BCUT2D eigenvalue weighted by molar-refractivity contribution is -0.120. The number of carbonyl (C=O) groups is 1. The van der Waals surface area contributed by atoms with Crippen LogP contribution in [0.15, 0.2) is 53.7 Å². The smallest absolute Gasteiger partial charge is 0.265 e. The zero-order valence-corrected chi connectivity index (χ0v) is 15.1. The fourth-order valence-corrected chi connectivity index (χ4v) is 2.60. The van der Waals surface area contributed by atoms with E-state index in [0.29, 0.717) is 27.5 Å². The van der Waals surface area contributed by atoms with E-state index in [1.54, 1.807) is 24.3 Å². The number of nitrogens with zero attached hydrogens (tertiary/aromatic N) is 3. The number of anilines is 1. The molecule has 1 heterocycles. The molecule has 0 spiro atoms. The number of nitrogens with one attached hydrogen (secondary N) is 1. The summed E-state index contributed by atoms with van der Waals surface area (Å²) in [5.74, 6) is -0.358. The Morgan fingerprint density at radius 2 is 1.62 bits per heavy atom. The van der Waals surface area contributed by atoms with E-state index in [4.69, 9.17) is 16.4 Å². The van der Waals surface area contributed by atoms with Crippen molar-refractivity contribution in [1.29, 1.82) is 0 Å². The number of carbonyl (C=O) groups excluding carboxylic acids is 1. The molecular weight excluding hydrogens is 352 g/mol. The van der Waals surface area contributed by atoms with Crippen molar-refractivity contribution in [3.63, 3.8) is 0 Å². The summed E-state index contributed by atoms with van der Waals surface area (Å²) < 4.78 is 0. The molecule has 6 nitrogen and oxygen atoms in total. The molecule has 132 valence electrons. The first kappa shape index (κ1) is 17.8. The first-order chi connectivity index (χ1) is 12.5. The van der Waals surface area contributed by atoms with Gasteiger partial charge in [0, 0.05) is 0 Å². The Balaban J connectivity index is 1.78. The van der Waals surface area contributed by atoms with Crippen LogP contribution >= 0.6 is 11.6 Å². The standard InChI is InChI=1S/C19H17ClN4O2/c1-12-19(13(2)22-17-10-6-5-9-16(17)21-12)24-26-11-18(25)23-15-8-4-3-7-14(15)20/h3-10H,11H2,1-2H3,(H,23,25). The zero-order valence-electron chi connectivity index (χ0n) is 14.4. The second kappa shape index (κ2) is 7.93. The number of aryl methyl sites for hydroxylation is 2. The SMILES string of the molecule is Cc1nc2ccccc2nc(C)c1=NOCC(=O)Nc1ccccc1Cl. The fraction of sp³-hybridized carbons (Fsp3) is 0.158. The van der Waals surface area contributed by atoms with Gasteiger partial charge in [-0.2, -0.15) is 0 Å². The van der Waals surface area contributed by atoms with Crippen molar-refractivity contribution >= 4 is 34.2 Å². The predicted molar refractivity (Wildman–Crippen MR) is 101 cm³/mol. The number of fused-ring (bicyclic) bond motifs is 1. The maximum Gasteiger partial charge on any atom is 0.265 e. The monoisotopic (exact) mass is 368 g/mol. The van der Waals surface area contributed by atoms with E-state index in [9.17, 15) is 4.79 Å². The minimum absolute atomic E-state index is 0.248. The molecule has 0 bridgehead atoms. The Labute approximate surface area is 155 Å². The summed E-state index contributed by atoms with van der Waals surface area (Å²) >= 11 is 6.01. The molecule has 0 aliphatic heterocycles. The summed E-state index contributed by atoms with van der Waals surface area (Å²) in [5.41, 5.74) is 3.40. The Hall–Kier alpha value is -2.99. The number of hydrogen-bond acceptors (Lipinski definition) is 5. The van der Waals surface area contributed by atoms with Gasteiger partial charge in [0.05, 0.1) is 33.1 Å². The summed E-state index contributed by atoms with van der Waals surface area (Å²) in [5, 5.41) is 7.69. The highest BCUT2D eigenvalue weighted by Gasteiger charge is 2.06. The van der Waals surface area contributed by atoms with Crippen LogP contribution in [-0.4, -0.2) is 22.5 Å². The molecule has 0 atom stereocenters. The largest absolute Gasteiger partial charge is 0.385 e. The Morgan fingerprint density at radius 1 is 1.04 bits per heavy atom. The van der Waals surface area contributed by atoms with Crippen LogP contribution in [0.2, 0.25) is 5.02 Å². The number of amides is 1. The van der Waals surface area contributed by atoms with Gasteiger partial charge in [-0.25, -0.2) is 9.97 Å². The van der Waals surface area contributed by atoms with Gasteiger partial charge in [0.1, 0.15) is 5.36 Å². The van der Waals surface area contributed by atoms with Crippen molar-refractivity contribution < 1.29 is 9.63 Å². The van der Waals surface area contributed by atoms with Gasteiger partial charge < -0.3 is 10.2 Å². The maximum atomic E-state index is 12.0. The van der Waals surface area contributed by atoms with Crippen LogP contribution in [0, 0.1) is 13.8 Å². The van der Waals surface area contributed by atoms with Crippen LogP contribution in [0.1, 0.15) is 11.4 Å². The molecule has 3 rings (SSSR count). The molecule has 0 saturated carbocycles. The molecule has 0 aliphatic rings. The molecule has 2 aromatic carbocycles. The minimum atomic E-state index is -0.358. The summed E-state index contributed by atoms with van der Waals surface area (Å²) in [6, 6.07) is 14.5. The van der Waals surface area contributed by atoms with Crippen LogP contribution in [0.4, 0.5) is 5.69 Å². The average Bonchev–Trinajstić information content (AvgIpc) is 2.73. The lowest BCUT2D eigenvalue weighted by atomic mass is 10.3. The van der Waals surface area contributed by atoms with Crippen LogP contribution in [-0.2, 0) is 9.63 Å². The summed E-state index contributed by atoms with van der Waals surface area (Å²) in [6.45, 7) is 3.41. The molecule has 7 heteroatoms. The van der Waals surface area contributed by atoms with Crippen molar-refractivity contribution in [3.8, 4) is 0 Å². The van der Waals surface area contributed by atoms with E-state index in [2.05, 4.69) is 20.4 Å². The molecule has 1 amide bonds. The summed E-state index contributed by atoms with van der Waals surface area (Å²) in [7, 11) is 0. The van der Waals surface area contributed by atoms with E-state index < -0.39 is 0 Å². The van der Waals surface area contributed by atoms with Crippen molar-refractivity contribution in [2.24, 2.45) is 5.16 Å². The van der Waals surface area contributed by atoms with Gasteiger partial charge in [0.25, 0.3) is 5.91 Å². The van der Waals surface area contributed by atoms with Crippen molar-refractivity contribution in [2.45, 2.75) is 13.8 Å². The third-order valence-corrected chi connectivity index (χ3v) is 3.97. The highest BCUT2D eigenvalue weighted by molar-refractivity contribution is 6.33. The predicted octanol–water partition coefficient (Wildman–Crippen LogP) is 3.37. The zero-order chi connectivity index (χ0) is 18.5. The van der Waals surface area contributed by atoms with Gasteiger partial charge in [-0.1, -0.05) is 41.0 Å². The number of halogens is 1. The van der Waals surface area contributed by atoms with E-state index in [-0.39, 0.29) is 12.5 Å². The quantitative estimate of drug-likeness (QED) is 0.716. The highest BCUT2D eigenvalue weighted by Crippen LogP contribution is 2.20. The summed E-state index contributed by atoms with van der Waals surface area (Å²) in [4.78, 5) is 26.2. The first-order valence-electron chi connectivity index (χ1n) is 7.99. The van der Waals surface area contributed by atoms with E-state index in [1.165, 1.54) is 0 Å². The number of aromatic nitrogens is 2. The number of hydrogen-bond donors (Lipinski definition) is 1. The molecule has 0 saturated heterocycles. The third-order valence-electron chi connectivity index (χ3n) is 3.64.